The Morgan fingerprint density at radius 3 is 2.00 bits per heavy atom. The van der Waals surface area contributed by atoms with E-state index in [0.29, 0.717) is 0 Å². The molecule has 2 nitrogen and oxygen atoms in total. The molecule has 1 aliphatic rings. The Labute approximate surface area is 308 Å². The smallest absolute Gasteiger partial charge is 0.143 e. The highest BCUT2D eigenvalue weighted by Gasteiger charge is 2.36. The fourth-order valence-electron chi connectivity index (χ4n) is 8.99. The minimum atomic E-state index is -0.114. The van der Waals surface area contributed by atoms with E-state index in [1.165, 1.54) is 54.6 Å². The quantitative estimate of drug-likeness (QED) is 0.184. The summed E-state index contributed by atoms with van der Waals surface area (Å²) < 4.78 is 6.88. The summed E-state index contributed by atoms with van der Waals surface area (Å²) in [4.78, 5) is 2.44. The van der Waals surface area contributed by atoms with E-state index in [0.717, 1.165) is 50.1 Å². The van der Waals surface area contributed by atoms with Gasteiger partial charge in [-0.1, -0.05) is 141 Å². The molecule has 9 aromatic carbocycles. The van der Waals surface area contributed by atoms with Crippen molar-refractivity contribution in [2.24, 2.45) is 0 Å². The van der Waals surface area contributed by atoms with Crippen LogP contribution in [0, 0.1) is 0 Å². The second kappa shape index (κ2) is 11.2. The van der Waals surface area contributed by atoms with Gasteiger partial charge in [-0.25, -0.2) is 0 Å². The van der Waals surface area contributed by atoms with Crippen LogP contribution in [-0.4, -0.2) is 0 Å². The largest absolute Gasteiger partial charge is 0.455 e. The highest BCUT2D eigenvalue weighted by Crippen LogP contribution is 2.51. The average molecular weight is 678 g/mol. The van der Waals surface area contributed by atoms with Gasteiger partial charge in [0.2, 0.25) is 0 Å². The molecule has 11 rings (SSSR count). The monoisotopic (exact) mass is 677 g/mol. The molecule has 0 fully saturated rings. The number of benzene rings is 9. The minimum absolute atomic E-state index is 0.114. The van der Waals surface area contributed by atoms with Crippen LogP contribution >= 0.6 is 0 Å². The first-order valence-electron chi connectivity index (χ1n) is 18.4. The van der Waals surface area contributed by atoms with E-state index >= 15 is 0 Å². The predicted octanol–water partition coefficient (Wildman–Crippen LogP) is 14.5. The summed E-state index contributed by atoms with van der Waals surface area (Å²) in [6.45, 7) is 4.70. The molecule has 0 unspecified atom stereocenters. The highest BCUT2D eigenvalue weighted by molar-refractivity contribution is 6.19. The SMILES string of the molecule is CC1(C)c2ccccc2-c2ccc(N(c3ccc4oc5c(-c6ccc7ccccc7c6)c6ccccc6cc5c4c3)c3cccc4ccccc34)cc21. The van der Waals surface area contributed by atoms with Crippen LogP contribution in [0.15, 0.2) is 180 Å². The maximum atomic E-state index is 6.88. The zero-order valence-electron chi connectivity index (χ0n) is 29.6. The third-order valence-corrected chi connectivity index (χ3v) is 11.6. The molecule has 0 amide bonds. The molecule has 0 N–H and O–H groups in total. The minimum Gasteiger partial charge on any atom is -0.455 e. The molecule has 250 valence electrons. The number of fused-ring (bicyclic) bond motifs is 9. The van der Waals surface area contributed by atoms with Gasteiger partial charge < -0.3 is 9.32 Å². The van der Waals surface area contributed by atoms with E-state index in [9.17, 15) is 0 Å². The first-order valence-corrected chi connectivity index (χ1v) is 18.4. The van der Waals surface area contributed by atoms with Gasteiger partial charge in [-0.05, 0) is 103 Å². The first kappa shape index (κ1) is 30.0. The van der Waals surface area contributed by atoms with Gasteiger partial charge in [0.1, 0.15) is 11.2 Å². The van der Waals surface area contributed by atoms with Crippen molar-refractivity contribution in [3.63, 3.8) is 0 Å². The second-order valence-corrected chi connectivity index (χ2v) is 14.9. The van der Waals surface area contributed by atoms with Gasteiger partial charge >= 0.3 is 0 Å². The summed E-state index contributed by atoms with van der Waals surface area (Å²) in [5.74, 6) is 0. The molecular formula is C51H35NO. The lowest BCUT2D eigenvalue weighted by Crippen LogP contribution is -2.16. The molecule has 2 heteroatoms. The van der Waals surface area contributed by atoms with E-state index in [-0.39, 0.29) is 5.41 Å². The van der Waals surface area contributed by atoms with Crippen LogP contribution in [0.4, 0.5) is 17.1 Å². The molecule has 0 aliphatic heterocycles. The van der Waals surface area contributed by atoms with Crippen LogP contribution in [0.3, 0.4) is 0 Å². The Morgan fingerprint density at radius 2 is 1.11 bits per heavy atom. The molecule has 0 saturated carbocycles. The highest BCUT2D eigenvalue weighted by atomic mass is 16.3. The van der Waals surface area contributed by atoms with Crippen molar-refractivity contribution in [1.29, 1.82) is 0 Å². The van der Waals surface area contributed by atoms with E-state index in [4.69, 9.17) is 4.42 Å². The van der Waals surface area contributed by atoms with E-state index in [2.05, 4.69) is 195 Å². The lowest BCUT2D eigenvalue weighted by atomic mass is 9.82. The Bertz CT molecular complexity index is 3100. The number of hydrogen-bond donors (Lipinski definition) is 0. The number of anilines is 3. The first-order chi connectivity index (χ1) is 26.0. The topological polar surface area (TPSA) is 16.4 Å². The molecule has 10 aromatic rings. The second-order valence-electron chi connectivity index (χ2n) is 14.9. The zero-order valence-corrected chi connectivity index (χ0v) is 29.6. The Kier molecular flexibility index (Phi) is 6.33. The zero-order chi connectivity index (χ0) is 35.3. The van der Waals surface area contributed by atoms with Gasteiger partial charge in [-0.15, -0.1) is 0 Å². The molecule has 1 heterocycles. The number of hydrogen-bond acceptors (Lipinski definition) is 2. The molecule has 53 heavy (non-hydrogen) atoms. The lowest BCUT2D eigenvalue weighted by Gasteiger charge is -2.29. The van der Waals surface area contributed by atoms with Gasteiger partial charge in [0, 0.05) is 38.5 Å². The number of furan rings is 1. The van der Waals surface area contributed by atoms with Crippen LogP contribution in [0.1, 0.15) is 25.0 Å². The van der Waals surface area contributed by atoms with Gasteiger partial charge in [-0.3, -0.25) is 0 Å². The van der Waals surface area contributed by atoms with E-state index < -0.39 is 0 Å². The van der Waals surface area contributed by atoms with Crippen molar-refractivity contribution in [3.8, 4) is 22.3 Å². The van der Waals surface area contributed by atoms with Crippen molar-refractivity contribution >= 4 is 71.3 Å². The standard InChI is InChI=1S/C51H35NO/c1-51(2)45-20-10-9-19-41(45)42-26-24-38(31-46(42)51)52(47-21-11-16-33-13-5-7-17-39(33)47)37-25-27-48-43(30-37)44-29-35-15-6-8-18-40(35)49(50(44)53-48)36-23-22-32-12-3-4-14-34(32)28-36/h3-31H,1-2H3. The molecule has 1 aliphatic carbocycles. The molecular weight excluding hydrogens is 643 g/mol. The van der Waals surface area contributed by atoms with Crippen molar-refractivity contribution in [3.05, 3.63) is 187 Å². The van der Waals surface area contributed by atoms with Crippen LogP contribution in [0.2, 0.25) is 0 Å². The summed E-state index contributed by atoms with van der Waals surface area (Å²) in [5.41, 5.74) is 12.7. The third kappa shape index (κ3) is 4.45. The summed E-state index contributed by atoms with van der Waals surface area (Å²) in [6, 6.07) is 64.2. The Hall–Kier alpha value is -6.64. The molecule has 1 aromatic heterocycles. The van der Waals surface area contributed by atoms with Crippen molar-refractivity contribution < 1.29 is 4.42 Å². The maximum absolute atomic E-state index is 6.88. The molecule has 0 atom stereocenters. The van der Waals surface area contributed by atoms with Gasteiger partial charge in [-0.2, -0.15) is 0 Å². The summed E-state index contributed by atoms with van der Waals surface area (Å²) in [7, 11) is 0. The average Bonchev–Trinajstić information content (AvgIpc) is 3.67. The summed E-state index contributed by atoms with van der Waals surface area (Å²) >= 11 is 0. The van der Waals surface area contributed by atoms with Crippen LogP contribution in [0.25, 0.3) is 76.5 Å². The molecule has 0 spiro atoms. The fourth-order valence-corrected chi connectivity index (χ4v) is 8.99. The summed E-state index contributed by atoms with van der Waals surface area (Å²) in [5, 5.41) is 9.47. The third-order valence-electron chi connectivity index (χ3n) is 11.6. The van der Waals surface area contributed by atoms with E-state index in [1.54, 1.807) is 0 Å². The molecule has 0 saturated heterocycles. The number of nitrogens with zero attached hydrogens (tertiary/aromatic N) is 1. The van der Waals surface area contributed by atoms with Crippen LogP contribution in [0.5, 0.6) is 0 Å². The predicted molar refractivity (Wildman–Crippen MR) is 224 cm³/mol. The molecule has 0 radical (unpaired) electrons. The van der Waals surface area contributed by atoms with Crippen molar-refractivity contribution in [1.82, 2.24) is 0 Å². The van der Waals surface area contributed by atoms with Crippen LogP contribution < -0.4 is 4.90 Å². The van der Waals surface area contributed by atoms with Crippen LogP contribution in [-0.2, 0) is 5.41 Å². The lowest BCUT2D eigenvalue weighted by molar-refractivity contribution is 0.660. The van der Waals surface area contributed by atoms with Gasteiger partial charge in [0.05, 0.1) is 5.69 Å². The Balaban J connectivity index is 1.16. The van der Waals surface area contributed by atoms with E-state index in [1.807, 2.05) is 0 Å². The molecule has 0 bridgehead atoms. The normalized spacial score (nSPS) is 13.2. The summed E-state index contributed by atoms with van der Waals surface area (Å²) in [6.07, 6.45) is 0. The Morgan fingerprint density at radius 1 is 0.434 bits per heavy atom. The van der Waals surface area contributed by atoms with Crippen molar-refractivity contribution in [2.45, 2.75) is 19.3 Å². The van der Waals surface area contributed by atoms with Gasteiger partial charge in [0.15, 0.2) is 0 Å². The van der Waals surface area contributed by atoms with Gasteiger partial charge in [0.25, 0.3) is 0 Å². The fraction of sp³-hybridized carbons (Fsp3) is 0.0588. The number of rotatable bonds is 4. The maximum Gasteiger partial charge on any atom is 0.143 e. The van der Waals surface area contributed by atoms with Crippen molar-refractivity contribution in [2.75, 3.05) is 4.90 Å².